The highest BCUT2D eigenvalue weighted by Gasteiger charge is 2.16. The predicted octanol–water partition coefficient (Wildman–Crippen LogP) is 0.754. The number of Topliss-reactive ketones (excluding diaryl/α,β-unsaturated/α-hetero) is 2. The number of ketones is 2. The van der Waals surface area contributed by atoms with E-state index in [1.807, 2.05) is 6.92 Å². The monoisotopic (exact) mass is 262 g/mol. The first-order valence-electron chi connectivity index (χ1n) is 5.85. The third-order valence-electron chi connectivity index (χ3n) is 2.48. The molecular formula is C13H30N2O3. The molecule has 5 nitrogen and oxygen atoms in total. The van der Waals surface area contributed by atoms with Gasteiger partial charge in [-0.25, -0.2) is 0 Å². The van der Waals surface area contributed by atoms with Crippen molar-refractivity contribution in [3.8, 4) is 0 Å². The van der Waals surface area contributed by atoms with Crippen molar-refractivity contribution in [3.63, 3.8) is 0 Å². The number of hydrogen-bond donors (Lipinski definition) is 3. The molecule has 0 aliphatic carbocycles. The minimum Gasteiger partial charge on any atom is -0.391 e. The minimum absolute atomic E-state index is 0. The largest absolute Gasteiger partial charge is 0.391 e. The van der Waals surface area contributed by atoms with Gasteiger partial charge in [0.1, 0.15) is 11.6 Å². The molecule has 0 fully saturated rings. The fraction of sp³-hybridized carbons (Fsp3) is 0.846. The summed E-state index contributed by atoms with van der Waals surface area (Å²) in [4.78, 5) is 21.1. The van der Waals surface area contributed by atoms with Gasteiger partial charge in [0.15, 0.2) is 0 Å². The van der Waals surface area contributed by atoms with Gasteiger partial charge in [-0.3, -0.25) is 9.59 Å². The van der Waals surface area contributed by atoms with Crippen LogP contribution in [-0.4, -0.2) is 49.0 Å². The zero-order valence-corrected chi connectivity index (χ0v) is 11.7. The van der Waals surface area contributed by atoms with Gasteiger partial charge in [0, 0.05) is 0 Å². The SMILES string of the molecule is C.CCC(NC)C(C)=O.CNC(C(C)=O)C(C)O. The second kappa shape index (κ2) is 12.7. The maximum atomic E-state index is 10.6. The summed E-state index contributed by atoms with van der Waals surface area (Å²) in [6, 6.07) is -0.347. The molecule has 0 radical (unpaired) electrons. The van der Waals surface area contributed by atoms with Gasteiger partial charge in [-0.2, -0.15) is 0 Å². The van der Waals surface area contributed by atoms with Crippen molar-refractivity contribution in [1.29, 1.82) is 0 Å². The average molecular weight is 262 g/mol. The Bertz CT molecular complexity index is 226. The van der Waals surface area contributed by atoms with Crippen LogP contribution in [0.15, 0.2) is 0 Å². The van der Waals surface area contributed by atoms with E-state index in [-0.39, 0.29) is 25.0 Å². The van der Waals surface area contributed by atoms with Gasteiger partial charge in [-0.1, -0.05) is 14.4 Å². The first-order chi connectivity index (χ1) is 7.81. The number of hydrogen-bond acceptors (Lipinski definition) is 5. The highest BCUT2D eigenvalue weighted by molar-refractivity contribution is 5.82. The number of likely N-dealkylation sites (N-methyl/N-ethyl adjacent to an activating group) is 2. The number of aliphatic hydroxyl groups excluding tert-OH is 1. The van der Waals surface area contributed by atoms with Gasteiger partial charge in [0.2, 0.25) is 0 Å². The van der Waals surface area contributed by atoms with Gasteiger partial charge in [0.25, 0.3) is 0 Å². The molecule has 0 rings (SSSR count). The van der Waals surface area contributed by atoms with Crippen LogP contribution in [-0.2, 0) is 9.59 Å². The highest BCUT2D eigenvalue weighted by Crippen LogP contribution is 1.91. The summed E-state index contributed by atoms with van der Waals surface area (Å²) in [6.45, 7) is 6.63. The van der Waals surface area contributed by atoms with Crippen LogP contribution in [0.1, 0.15) is 41.5 Å². The van der Waals surface area contributed by atoms with Gasteiger partial charge in [-0.05, 0) is 41.3 Å². The molecule has 110 valence electrons. The van der Waals surface area contributed by atoms with Crippen molar-refractivity contribution in [1.82, 2.24) is 10.6 Å². The topological polar surface area (TPSA) is 78.4 Å². The van der Waals surface area contributed by atoms with E-state index in [1.165, 1.54) is 6.92 Å². The molecule has 0 saturated heterocycles. The van der Waals surface area contributed by atoms with E-state index >= 15 is 0 Å². The molecule has 0 bridgehead atoms. The van der Waals surface area contributed by atoms with Gasteiger partial charge < -0.3 is 15.7 Å². The van der Waals surface area contributed by atoms with Gasteiger partial charge in [-0.15, -0.1) is 0 Å². The van der Waals surface area contributed by atoms with E-state index in [2.05, 4.69) is 10.6 Å². The third kappa shape index (κ3) is 10.4. The van der Waals surface area contributed by atoms with Crippen molar-refractivity contribution < 1.29 is 14.7 Å². The first-order valence-corrected chi connectivity index (χ1v) is 5.85. The molecule has 3 N–H and O–H groups in total. The lowest BCUT2D eigenvalue weighted by atomic mass is 10.1. The van der Waals surface area contributed by atoms with E-state index in [4.69, 9.17) is 5.11 Å². The Balaban J connectivity index is -0.000000238. The lowest BCUT2D eigenvalue weighted by molar-refractivity contribution is -0.121. The molecule has 0 amide bonds. The standard InChI is InChI=1S/C6H13NO2.C6H13NO.CH4/c1-4(8)6(7-3)5(2)9;1-4-6(7-3)5(2)8;/h4,6-8H,1-3H3;6-7H,4H2,1-3H3;1H4. The Morgan fingerprint density at radius 2 is 1.56 bits per heavy atom. The van der Waals surface area contributed by atoms with Crippen LogP contribution in [0.25, 0.3) is 0 Å². The maximum absolute atomic E-state index is 10.6. The lowest BCUT2D eigenvalue weighted by Gasteiger charge is -2.14. The second-order valence-corrected chi connectivity index (χ2v) is 3.98. The quantitative estimate of drug-likeness (QED) is 0.658. The highest BCUT2D eigenvalue weighted by atomic mass is 16.3. The summed E-state index contributed by atoms with van der Waals surface area (Å²) in [7, 11) is 3.45. The number of nitrogens with one attached hydrogen (secondary N) is 2. The first kappa shape index (κ1) is 22.4. The van der Waals surface area contributed by atoms with Crippen LogP contribution >= 0.6 is 0 Å². The summed E-state index contributed by atoms with van der Waals surface area (Å²) >= 11 is 0. The molecule has 0 aliphatic rings. The van der Waals surface area contributed by atoms with Crippen LogP contribution in [0.3, 0.4) is 0 Å². The zero-order chi connectivity index (χ0) is 14.0. The van der Waals surface area contributed by atoms with E-state index in [1.54, 1.807) is 27.9 Å². The molecule has 0 heterocycles. The van der Waals surface area contributed by atoms with Crippen LogP contribution in [0, 0.1) is 0 Å². The average Bonchev–Trinajstić information content (AvgIpc) is 2.19. The molecule has 0 aromatic heterocycles. The fourth-order valence-electron chi connectivity index (χ4n) is 1.48. The van der Waals surface area contributed by atoms with Gasteiger partial charge >= 0.3 is 0 Å². The molecule has 0 spiro atoms. The number of aliphatic hydroxyl groups is 1. The summed E-state index contributed by atoms with van der Waals surface area (Å²) in [6.07, 6.45) is 0.277. The summed E-state index contributed by atoms with van der Waals surface area (Å²) in [5, 5.41) is 14.5. The smallest absolute Gasteiger partial charge is 0.149 e. The number of rotatable bonds is 6. The molecule has 0 aromatic rings. The molecule has 18 heavy (non-hydrogen) atoms. The third-order valence-corrected chi connectivity index (χ3v) is 2.48. The molecule has 0 aromatic carbocycles. The molecule has 3 unspecified atom stereocenters. The van der Waals surface area contributed by atoms with Crippen molar-refractivity contribution >= 4 is 11.6 Å². The maximum Gasteiger partial charge on any atom is 0.149 e. The molecule has 3 atom stereocenters. The van der Waals surface area contributed by atoms with Crippen molar-refractivity contribution in [2.75, 3.05) is 14.1 Å². The number of carbonyl (C=O) groups is 2. The van der Waals surface area contributed by atoms with Crippen molar-refractivity contribution in [2.24, 2.45) is 0 Å². The van der Waals surface area contributed by atoms with Crippen LogP contribution in [0.4, 0.5) is 0 Å². The van der Waals surface area contributed by atoms with Crippen molar-refractivity contribution in [2.45, 2.75) is 59.7 Å². The molecule has 0 aliphatic heterocycles. The second-order valence-electron chi connectivity index (χ2n) is 3.98. The Morgan fingerprint density at radius 1 is 1.11 bits per heavy atom. The minimum atomic E-state index is -0.604. The summed E-state index contributed by atoms with van der Waals surface area (Å²) < 4.78 is 0. The van der Waals surface area contributed by atoms with Crippen LogP contribution < -0.4 is 10.6 Å². The van der Waals surface area contributed by atoms with E-state index in [9.17, 15) is 9.59 Å². The van der Waals surface area contributed by atoms with Crippen LogP contribution in [0.2, 0.25) is 0 Å². The molecule has 5 heteroatoms. The predicted molar refractivity (Wildman–Crippen MR) is 75.8 cm³/mol. The summed E-state index contributed by atoms with van der Waals surface area (Å²) in [5.41, 5.74) is 0. The van der Waals surface area contributed by atoms with E-state index in [0.717, 1.165) is 6.42 Å². The van der Waals surface area contributed by atoms with E-state index in [0.29, 0.717) is 0 Å². The summed E-state index contributed by atoms with van der Waals surface area (Å²) in [5.74, 6) is 0.183. The molecule has 0 saturated carbocycles. The Morgan fingerprint density at radius 3 is 1.56 bits per heavy atom. The normalized spacial score (nSPS) is 14.4. The van der Waals surface area contributed by atoms with Crippen LogP contribution in [0.5, 0.6) is 0 Å². The molecular weight excluding hydrogens is 232 g/mol. The van der Waals surface area contributed by atoms with E-state index < -0.39 is 12.1 Å². The van der Waals surface area contributed by atoms with Crippen molar-refractivity contribution in [3.05, 3.63) is 0 Å². The Hall–Kier alpha value is -0.780. The van der Waals surface area contributed by atoms with Gasteiger partial charge in [0.05, 0.1) is 18.2 Å². The Kier molecular flexibility index (Phi) is 15.8. The lowest BCUT2D eigenvalue weighted by Crippen LogP contribution is -2.41. The zero-order valence-electron chi connectivity index (χ0n) is 11.7. The fourth-order valence-corrected chi connectivity index (χ4v) is 1.48. The number of carbonyl (C=O) groups excluding carboxylic acids is 2. The Labute approximate surface area is 111 Å².